The maximum atomic E-state index is 14.1. The van der Waals surface area contributed by atoms with Crippen molar-refractivity contribution in [3.63, 3.8) is 0 Å². The second-order valence-electron chi connectivity index (χ2n) is 12.0. The molecule has 0 spiro atoms. The van der Waals surface area contributed by atoms with Crippen LogP contribution in [0.4, 0.5) is 5.69 Å². The molecule has 0 aliphatic carbocycles. The number of sulfonamides is 1. The van der Waals surface area contributed by atoms with E-state index in [0.29, 0.717) is 46.0 Å². The Hall–Kier alpha value is -3.47. The molecule has 1 N–H and O–H groups in total. The third kappa shape index (κ3) is 9.76. The summed E-state index contributed by atoms with van der Waals surface area (Å²) < 4.78 is 38.1. The molecule has 1 aliphatic heterocycles. The predicted molar refractivity (Wildman–Crippen MR) is 178 cm³/mol. The van der Waals surface area contributed by atoms with Gasteiger partial charge in [0.25, 0.3) is 0 Å². The Morgan fingerprint density at radius 2 is 1.64 bits per heavy atom. The van der Waals surface area contributed by atoms with E-state index in [9.17, 15) is 18.0 Å². The SMILES string of the molecule is CC(C)(C)NC(=O)C(Cc1ccccc1)N(Cc1ccc(Cl)cc1Cl)C(=O)CCCN(c1ccc2c(c1)OCCO2)S(C)(=O)=O. The molecule has 1 aliphatic rings. The topological polar surface area (TPSA) is 105 Å². The van der Waals surface area contributed by atoms with Crippen LogP contribution >= 0.6 is 23.2 Å². The summed E-state index contributed by atoms with van der Waals surface area (Å²) in [5.41, 5.74) is 1.38. The van der Waals surface area contributed by atoms with Gasteiger partial charge in [0, 0.05) is 47.6 Å². The molecule has 0 saturated heterocycles. The van der Waals surface area contributed by atoms with Crippen LogP contribution in [0.3, 0.4) is 0 Å². The number of rotatable bonds is 12. The average Bonchev–Trinajstić information content (AvgIpc) is 2.96. The molecular weight excluding hydrogens is 637 g/mol. The molecule has 12 heteroatoms. The lowest BCUT2D eigenvalue weighted by Crippen LogP contribution is -2.54. The van der Waals surface area contributed by atoms with E-state index in [1.165, 1.54) is 9.21 Å². The fourth-order valence-corrected chi connectivity index (χ4v) is 6.46. The molecule has 0 saturated carbocycles. The molecule has 1 atom stereocenters. The highest BCUT2D eigenvalue weighted by Gasteiger charge is 2.33. The van der Waals surface area contributed by atoms with Crippen molar-refractivity contribution in [3.05, 3.63) is 87.9 Å². The fraction of sp³-hybridized carbons (Fsp3) is 0.394. The van der Waals surface area contributed by atoms with Crippen LogP contribution in [0.2, 0.25) is 10.0 Å². The Labute approximate surface area is 275 Å². The van der Waals surface area contributed by atoms with Crippen molar-refractivity contribution in [2.24, 2.45) is 0 Å². The zero-order chi connectivity index (χ0) is 32.8. The van der Waals surface area contributed by atoms with Gasteiger partial charge in [-0.15, -0.1) is 0 Å². The van der Waals surface area contributed by atoms with Gasteiger partial charge in [-0.05, 0) is 62.6 Å². The maximum Gasteiger partial charge on any atom is 0.243 e. The number of nitrogens with zero attached hydrogens (tertiary/aromatic N) is 2. The third-order valence-electron chi connectivity index (χ3n) is 7.09. The van der Waals surface area contributed by atoms with Gasteiger partial charge in [-0.25, -0.2) is 8.42 Å². The van der Waals surface area contributed by atoms with Gasteiger partial charge in [0.05, 0.1) is 11.9 Å². The molecule has 1 unspecified atom stereocenters. The van der Waals surface area contributed by atoms with E-state index in [2.05, 4.69) is 5.32 Å². The molecule has 3 aromatic rings. The number of nitrogens with one attached hydrogen (secondary N) is 1. The number of hydrogen-bond acceptors (Lipinski definition) is 6. The van der Waals surface area contributed by atoms with E-state index in [4.69, 9.17) is 32.7 Å². The summed E-state index contributed by atoms with van der Waals surface area (Å²) in [6.45, 7) is 6.52. The quantitative estimate of drug-likeness (QED) is 0.258. The van der Waals surface area contributed by atoms with Gasteiger partial charge in [0.2, 0.25) is 21.8 Å². The molecule has 9 nitrogen and oxygen atoms in total. The minimum atomic E-state index is -3.69. The molecule has 0 bridgehead atoms. The lowest BCUT2D eigenvalue weighted by molar-refractivity contribution is -0.142. The normalized spacial score (nSPS) is 13.6. The smallest absolute Gasteiger partial charge is 0.243 e. The highest BCUT2D eigenvalue weighted by molar-refractivity contribution is 7.92. The number of amides is 2. The van der Waals surface area contributed by atoms with Gasteiger partial charge in [0.15, 0.2) is 11.5 Å². The maximum absolute atomic E-state index is 14.1. The van der Waals surface area contributed by atoms with Crippen molar-refractivity contribution in [2.45, 2.75) is 58.2 Å². The van der Waals surface area contributed by atoms with Crippen molar-refractivity contribution in [1.29, 1.82) is 0 Å². The van der Waals surface area contributed by atoms with Crippen molar-refractivity contribution in [2.75, 3.05) is 30.3 Å². The molecule has 0 aromatic heterocycles. The molecule has 2 amide bonds. The van der Waals surface area contributed by atoms with Crippen LogP contribution in [0.25, 0.3) is 0 Å². The Bertz CT molecular complexity index is 1610. The van der Waals surface area contributed by atoms with Gasteiger partial charge in [-0.1, -0.05) is 59.6 Å². The van der Waals surface area contributed by atoms with Crippen LogP contribution in [0.15, 0.2) is 66.7 Å². The summed E-state index contributed by atoms with van der Waals surface area (Å²) in [5, 5.41) is 3.85. The van der Waals surface area contributed by atoms with Crippen molar-refractivity contribution < 1.29 is 27.5 Å². The molecule has 0 fully saturated rings. The van der Waals surface area contributed by atoms with E-state index in [0.717, 1.165) is 11.8 Å². The molecule has 45 heavy (non-hydrogen) atoms. The van der Waals surface area contributed by atoms with Crippen molar-refractivity contribution in [1.82, 2.24) is 10.2 Å². The number of carbonyl (C=O) groups excluding carboxylic acids is 2. The van der Waals surface area contributed by atoms with E-state index in [-0.39, 0.29) is 44.2 Å². The lowest BCUT2D eigenvalue weighted by atomic mass is 10.00. The number of halogens is 2. The summed E-state index contributed by atoms with van der Waals surface area (Å²) in [7, 11) is -3.69. The van der Waals surface area contributed by atoms with Gasteiger partial charge >= 0.3 is 0 Å². The van der Waals surface area contributed by atoms with Crippen LogP contribution in [0, 0.1) is 0 Å². The van der Waals surface area contributed by atoms with Crippen LogP contribution in [-0.4, -0.2) is 62.7 Å². The van der Waals surface area contributed by atoms with E-state index >= 15 is 0 Å². The third-order valence-corrected chi connectivity index (χ3v) is 8.87. The zero-order valence-electron chi connectivity index (χ0n) is 25.9. The largest absolute Gasteiger partial charge is 0.486 e. The second-order valence-corrected chi connectivity index (χ2v) is 14.7. The number of benzene rings is 3. The molecule has 1 heterocycles. The summed E-state index contributed by atoms with van der Waals surface area (Å²) in [4.78, 5) is 29.4. The van der Waals surface area contributed by atoms with Crippen LogP contribution in [-0.2, 0) is 32.6 Å². The van der Waals surface area contributed by atoms with Crippen molar-refractivity contribution in [3.8, 4) is 11.5 Å². The lowest BCUT2D eigenvalue weighted by Gasteiger charge is -2.34. The molecular formula is C33H39Cl2N3O6S. The van der Waals surface area contributed by atoms with E-state index in [1.54, 1.807) is 36.4 Å². The molecule has 242 valence electrons. The highest BCUT2D eigenvalue weighted by atomic mass is 35.5. The number of carbonyl (C=O) groups is 2. The minimum absolute atomic E-state index is 0.0180. The fourth-order valence-electron chi connectivity index (χ4n) is 5.03. The average molecular weight is 677 g/mol. The first-order valence-corrected chi connectivity index (χ1v) is 17.3. The van der Waals surface area contributed by atoms with Crippen LogP contribution in [0.5, 0.6) is 11.5 Å². The van der Waals surface area contributed by atoms with E-state index in [1.807, 2.05) is 51.1 Å². The van der Waals surface area contributed by atoms with Crippen molar-refractivity contribution >= 4 is 50.7 Å². The Kier molecular flexibility index (Phi) is 11.3. The first-order valence-electron chi connectivity index (χ1n) is 14.7. The first kappa shape index (κ1) is 34.4. The Morgan fingerprint density at radius 3 is 2.29 bits per heavy atom. The molecule has 0 radical (unpaired) electrons. The standard InChI is InChI=1S/C33H39Cl2N3O6S/c1-33(2,3)36-32(40)28(19-23-9-6-5-7-10-23)37(22-24-12-13-25(34)20-27(24)35)31(39)11-8-16-38(45(4,41)42)26-14-15-29-30(21-26)44-18-17-43-29/h5-7,9-10,12-15,20-21,28H,8,11,16-19,22H2,1-4H3,(H,36,40). The number of hydrogen-bond donors (Lipinski definition) is 1. The Morgan fingerprint density at radius 1 is 0.956 bits per heavy atom. The highest BCUT2D eigenvalue weighted by Crippen LogP contribution is 2.35. The van der Waals surface area contributed by atoms with Gasteiger partial charge in [0.1, 0.15) is 19.3 Å². The minimum Gasteiger partial charge on any atom is -0.486 e. The second kappa shape index (κ2) is 14.7. The van der Waals surface area contributed by atoms with E-state index < -0.39 is 21.6 Å². The monoisotopic (exact) mass is 675 g/mol. The van der Waals surface area contributed by atoms with Gasteiger partial charge in [-0.3, -0.25) is 13.9 Å². The molecule has 3 aromatic carbocycles. The Balaban J connectivity index is 1.61. The summed E-state index contributed by atoms with van der Waals surface area (Å²) in [6.07, 6.45) is 1.57. The van der Waals surface area contributed by atoms with Gasteiger partial charge in [-0.2, -0.15) is 0 Å². The predicted octanol–water partition coefficient (Wildman–Crippen LogP) is 5.87. The summed E-state index contributed by atoms with van der Waals surface area (Å²) in [5.74, 6) is 0.381. The number of ether oxygens (including phenoxy) is 2. The van der Waals surface area contributed by atoms with Gasteiger partial charge < -0.3 is 19.7 Å². The summed E-state index contributed by atoms with van der Waals surface area (Å²) in [6, 6.07) is 18.6. The van der Waals surface area contributed by atoms with Crippen LogP contribution < -0.4 is 19.1 Å². The van der Waals surface area contributed by atoms with Crippen LogP contribution in [0.1, 0.15) is 44.7 Å². The summed E-state index contributed by atoms with van der Waals surface area (Å²) >= 11 is 12.7. The number of anilines is 1. The molecule has 4 rings (SSSR count). The number of fused-ring (bicyclic) bond motifs is 1. The zero-order valence-corrected chi connectivity index (χ0v) is 28.2. The first-order chi connectivity index (χ1) is 21.2.